The number of likely N-dealkylation sites (tertiary alicyclic amines) is 1. The SMILES string of the molecule is CCOC(=O)C1CCN(C(=O)CCc2ccc(N)cc2)CC1. The summed E-state index contributed by atoms with van der Waals surface area (Å²) in [6.45, 7) is 3.52. The average molecular weight is 304 g/mol. The molecule has 1 aromatic carbocycles. The Labute approximate surface area is 131 Å². The maximum absolute atomic E-state index is 12.2. The number of amides is 1. The minimum Gasteiger partial charge on any atom is -0.466 e. The monoisotopic (exact) mass is 304 g/mol. The smallest absolute Gasteiger partial charge is 0.309 e. The standard InChI is InChI=1S/C17H24N2O3/c1-2-22-17(21)14-9-11-19(12-10-14)16(20)8-5-13-3-6-15(18)7-4-13/h3-4,6-7,14H,2,5,8-12,18H2,1H3. The number of nitrogens with two attached hydrogens (primary N) is 1. The third kappa shape index (κ3) is 4.48. The predicted octanol–water partition coefficient (Wildman–Crippen LogP) is 2.00. The second-order valence-electron chi connectivity index (χ2n) is 5.65. The number of hydrogen-bond donors (Lipinski definition) is 1. The number of nitrogen functional groups attached to an aromatic ring is 1. The summed E-state index contributed by atoms with van der Waals surface area (Å²) in [6.07, 6.45) is 2.61. The van der Waals surface area contributed by atoms with Gasteiger partial charge in [-0.15, -0.1) is 0 Å². The number of carbonyl (C=O) groups is 2. The molecule has 1 fully saturated rings. The first-order valence-corrected chi connectivity index (χ1v) is 7.89. The van der Waals surface area contributed by atoms with Crippen LogP contribution in [0.3, 0.4) is 0 Å². The van der Waals surface area contributed by atoms with Crippen LogP contribution >= 0.6 is 0 Å². The first kappa shape index (κ1) is 16.3. The van der Waals surface area contributed by atoms with Gasteiger partial charge in [-0.25, -0.2) is 0 Å². The Morgan fingerprint density at radius 1 is 1.23 bits per heavy atom. The van der Waals surface area contributed by atoms with Gasteiger partial charge in [-0.05, 0) is 43.9 Å². The third-order valence-corrected chi connectivity index (χ3v) is 4.07. The summed E-state index contributed by atoms with van der Waals surface area (Å²) >= 11 is 0. The van der Waals surface area contributed by atoms with E-state index in [4.69, 9.17) is 10.5 Å². The highest BCUT2D eigenvalue weighted by Gasteiger charge is 2.27. The van der Waals surface area contributed by atoms with Crippen molar-refractivity contribution in [1.82, 2.24) is 4.90 Å². The van der Waals surface area contributed by atoms with Gasteiger partial charge in [0.15, 0.2) is 0 Å². The summed E-state index contributed by atoms with van der Waals surface area (Å²) in [7, 11) is 0. The summed E-state index contributed by atoms with van der Waals surface area (Å²) in [5, 5.41) is 0. The zero-order valence-electron chi connectivity index (χ0n) is 13.1. The number of aryl methyl sites for hydroxylation is 1. The molecule has 0 unspecified atom stereocenters. The molecule has 1 amide bonds. The highest BCUT2D eigenvalue weighted by molar-refractivity contribution is 5.77. The molecule has 0 atom stereocenters. The number of hydrogen-bond acceptors (Lipinski definition) is 4. The van der Waals surface area contributed by atoms with E-state index in [1.807, 2.05) is 36.1 Å². The first-order valence-electron chi connectivity index (χ1n) is 7.89. The normalized spacial score (nSPS) is 15.6. The molecular formula is C17H24N2O3. The fraction of sp³-hybridized carbons (Fsp3) is 0.529. The van der Waals surface area contributed by atoms with E-state index in [0.29, 0.717) is 39.0 Å². The van der Waals surface area contributed by atoms with E-state index in [0.717, 1.165) is 17.7 Å². The number of nitrogens with zero attached hydrogens (tertiary/aromatic N) is 1. The summed E-state index contributed by atoms with van der Waals surface area (Å²) in [5.74, 6) is -0.0308. The minimum absolute atomic E-state index is 0.0545. The number of rotatable bonds is 5. The van der Waals surface area contributed by atoms with E-state index in [1.54, 1.807) is 0 Å². The lowest BCUT2D eigenvalue weighted by molar-refractivity contribution is -0.151. The number of benzene rings is 1. The molecule has 0 aromatic heterocycles. The number of carbonyl (C=O) groups excluding carboxylic acids is 2. The Hall–Kier alpha value is -2.04. The molecule has 0 saturated carbocycles. The molecule has 1 saturated heterocycles. The maximum atomic E-state index is 12.2. The number of esters is 1. The Kier molecular flexibility index (Phi) is 5.81. The molecule has 2 N–H and O–H groups in total. The second kappa shape index (κ2) is 7.82. The van der Waals surface area contributed by atoms with Crippen LogP contribution in [0.4, 0.5) is 5.69 Å². The molecule has 0 radical (unpaired) electrons. The predicted molar refractivity (Wildman–Crippen MR) is 85.1 cm³/mol. The van der Waals surface area contributed by atoms with Crippen molar-refractivity contribution in [3.8, 4) is 0 Å². The van der Waals surface area contributed by atoms with E-state index in [2.05, 4.69) is 0 Å². The molecule has 1 aliphatic heterocycles. The number of ether oxygens (including phenoxy) is 1. The van der Waals surface area contributed by atoms with Gasteiger partial charge >= 0.3 is 5.97 Å². The van der Waals surface area contributed by atoms with E-state index >= 15 is 0 Å². The van der Waals surface area contributed by atoms with Crippen molar-refractivity contribution in [2.45, 2.75) is 32.6 Å². The van der Waals surface area contributed by atoms with Gasteiger partial charge in [0.05, 0.1) is 12.5 Å². The fourth-order valence-electron chi connectivity index (χ4n) is 2.72. The summed E-state index contributed by atoms with van der Waals surface area (Å²) in [6, 6.07) is 7.61. The van der Waals surface area contributed by atoms with Gasteiger partial charge in [-0.2, -0.15) is 0 Å². The molecule has 0 spiro atoms. The lowest BCUT2D eigenvalue weighted by Gasteiger charge is -2.31. The van der Waals surface area contributed by atoms with Gasteiger partial charge in [0.1, 0.15) is 0 Å². The van der Waals surface area contributed by atoms with E-state index < -0.39 is 0 Å². The zero-order valence-corrected chi connectivity index (χ0v) is 13.1. The molecule has 120 valence electrons. The van der Waals surface area contributed by atoms with Crippen molar-refractivity contribution in [2.24, 2.45) is 5.92 Å². The average Bonchev–Trinajstić information content (AvgIpc) is 2.54. The van der Waals surface area contributed by atoms with Crippen LogP contribution in [-0.4, -0.2) is 36.5 Å². The molecule has 5 nitrogen and oxygen atoms in total. The maximum Gasteiger partial charge on any atom is 0.309 e. The molecule has 1 aromatic rings. The van der Waals surface area contributed by atoms with Crippen LogP contribution in [-0.2, 0) is 20.7 Å². The Morgan fingerprint density at radius 2 is 1.86 bits per heavy atom. The molecule has 1 aliphatic rings. The lowest BCUT2D eigenvalue weighted by atomic mass is 9.96. The molecule has 5 heteroatoms. The highest BCUT2D eigenvalue weighted by Crippen LogP contribution is 2.19. The molecule has 22 heavy (non-hydrogen) atoms. The van der Waals surface area contributed by atoms with Crippen LogP contribution in [0.15, 0.2) is 24.3 Å². The van der Waals surface area contributed by atoms with Crippen LogP contribution < -0.4 is 5.73 Å². The van der Waals surface area contributed by atoms with Crippen LogP contribution in [0, 0.1) is 5.92 Å². The quantitative estimate of drug-likeness (QED) is 0.667. The van der Waals surface area contributed by atoms with Gasteiger partial charge in [0, 0.05) is 25.2 Å². The van der Waals surface area contributed by atoms with Crippen molar-refractivity contribution in [2.75, 3.05) is 25.4 Å². The van der Waals surface area contributed by atoms with Gasteiger partial charge in [0.2, 0.25) is 5.91 Å². The summed E-state index contributed by atoms with van der Waals surface area (Å²) < 4.78 is 5.04. The van der Waals surface area contributed by atoms with Crippen molar-refractivity contribution >= 4 is 17.6 Å². The first-order chi connectivity index (χ1) is 10.6. The van der Waals surface area contributed by atoms with Gasteiger partial charge in [-0.1, -0.05) is 12.1 Å². The molecule has 2 rings (SSSR count). The summed E-state index contributed by atoms with van der Waals surface area (Å²) in [4.78, 5) is 25.8. The van der Waals surface area contributed by atoms with Gasteiger partial charge in [0.25, 0.3) is 0 Å². The molecular weight excluding hydrogens is 280 g/mol. The van der Waals surface area contributed by atoms with Crippen molar-refractivity contribution in [1.29, 1.82) is 0 Å². The second-order valence-corrected chi connectivity index (χ2v) is 5.65. The molecule has 0 bridgehead atoms. The fourth-order valence-corrected chi connectivity index (χ4v) is 2.72. The largest absolute Gasteiger partial charge is 0.466 e. The number of anilines is 1. The van der Waals surface area contributed by atoms with E-state index in [-0.39, 0.29) is 17.8 Å². The highest BCUT2D eigenvalue weighted by atomic mass is 16.5. The van der Waals surface area contributed by atoms with Crippen molar-refractivity contribution in [3.63, 3.8) is 0 Å². The number of piperidine rings is 1. The van der Waals surface area contributed by atoms with Gasteiger partial charge < -0.3 is 15.4 Å². The van der Waals surface area contributed by atoms with Gasteiger partial charge in [-0.3, -0.25) is 9.59 Å². The van der Waals surface area contributed by atoms with Crippen LogP contribution in [0.25, 0.3) is 0 Å². The van der Waals surface area contributed by atoms with Crippen LogP contribution in [0.5, 0.6) is 0 Å². The minimum atomic E-state index is -0.128. The van der Waals surface area contributed by atoms with Crippen LogP contribution in [0.1, 0.15) is 31.7 Å². The summed E-state index contributed by atoms with van der Waals surface area (Å²) in [5.41, 5.74) is 7.49. The Morgan fingerprint density at radius 3 is 2.45 bits per heavy atom. The zero-order chi connectivity index (χ0) is 15.9. The third-order valence-electron chi connectivity index (χ3n) is 4.07. The van der Waals surface area contributed by atoms with Crippen LogP contribution in [0.2, 0.25) is 0 Å². The van der Waals surface area contributed by atoms with Crippen molar-refractivity contribution < 1.29 is 14.3 Å². The lowest BCUT2D eigenvalue weighted by Crippen LogP contribution is -2.40. The van der Waals surface area contributed by atoms with E-state index in [9.17, 15) is 9.59 Å². The Balaban J connectivity index is 1.75. The molecule has 1 heterocycles. The molecule has 0 aliphatic carbocycles. The van der Waals surface area contributed by atoms with E-state index in [1.165, 1.54) is 0 Å². The van der Waals surface area contributed by atoms with Crippen molar-refractivity contribution in [3.05, 3.63) is 29.8 Å². The Bertz CT molecular complexity index is 505. The topological polar surface area (TPSA) is 72.6 Å².